The van der Waals surface area contributed by atoms with Gasteiger partial charge in [-0.05, 0) is 12.8 Å². The largest absolute Gasteiger partial charge is 0.483 e. The number of phosphoric ester groups is 1. The van der Waals surface area contributed by atoms with E-state index in [9.17, 15) is 29.6 Å². The molecule has 1 aliphatic carbocycles. The highest BCUT2D eigenvalue weighted by atomic mass is 32.2. The number of aliphatic hydroxyl groups excluding tert-OH is 3. The molecule has 0 aromatic rings. The van der Waals surface area contributed by atoms with E-state index in [1.807, 2.05) is 0 Å². The minimum atomic E-state index is -4.39. The highest BCUT2D eigenvalue weighted by molar-refractivity contribution is 7.98. The molecule has 0 bridgehead atoms. The van der Waals surface area contributed by atoms with Gasteiger partial charge in [0.25, 0.3) is 0 Å². The predicted molar refractivity (Wildman–Crippen MR) is 91.8 cm³/mol. The van der Waals surface area contributed by atoms with Crippen molar-refractivity contribution in [1.29, 1.82) is 0 Å². The first-order chi connectivity index (χ1) is 12.2. The number of hydrogen-bond acceptors (Lipinski definition) is 9. The maximum atomic E-state index is 12.1. The maximum absolute atomic E-state index is 12.1. The smallest absolute Gasteiger partial charge is 0.394 e. The van der Waals surface area contributed by atoms with Crippen molar-refractivity contribution >= 4 is 25.8 Å². The maximum Gasteiger partial charge on any atom is 0.483 e. The van der Waals surface area contributed by atoms with Crippen molar-refractivity contribution in [3.63, 3.8) is 0 Å². The van der Waals surface area contributed by atoms with Crippen LogP contribution in [0.5, 0.6) is 0 Å². The van der Waals surface area contributed by atoms with Gasteiger partial charge >= 0.3 is 7.82 Å². The van der Waals surface area contributed by atoms with Crippen LogP contribution in [0, 0.1) is 0 Å². The van der Waals surface area contributed by atoms with Gasteiger partial charge in [-0.3, -0.25) is 9.32 Å². The standard InChI is InChI=1S/C14H26NO9PS/c1-8(17)15-11-13(19)12(18)10(7-16)22-14(11)26-24-25(20,21)23-9-5-3-2-4-6-9/h9-14,16,18-19H,2-7H2,1H3,(H,15,17)(H,20,21). The van der Waals surface area contributed by atoms with Gasteiger partial charge in [0.1, 0.15) is 18.3 Å². The summed E-state index contributed by atoms with van der Waals surface area (Å²) in [7, 11) is -4.39. The topological polar surface area (TPSA) is 155 Å². The van der Waals surface area contributed by atoms with Crippen LogP contribution in [0.1, 0.15) is 39.0 Å². The lowest BCUT2D eigenvalue weighted by atomic mass is 9.98. The van der Waals surface area contributed by atoms with Gasteiger partial charge in [0.15, 0.2) is 5.44 Å². The molecule has 2 rings (SSSR count). The fourth-order valence-corrected chi connectivity index (χ4v) is 5.07. The molecule has 2 fully saturated rings. The molecular formula is C14H26NO9PS. The Morgan fingerprint density at radius 1 is 1.27 bits per heavy atom. The van der Waals surface area contributed by atoms with Crippen LogP contribution < -0.4 is 5.32 Å². The van der Waals surface area contributed by atoms with Crippen molar-refractivity contribution in [3.05, 3.63) is 0 Å². The zero-order valence-electron chi connectivity index (χ0n) is 14.4. The van der Waals surface area contributed by atoms with Crippen LogP contribution >= 0.6 is 19.9 Å². The van der Waals surface area contributed by atoms with E-state index < -0.39 is 50.1 Å². The number of phosphoric acid groups is 1. The SMILES string of the molecule is CC(=O)NC1C(SOP(=O)(O)OC2CCCCC2)OC(CO)C(O)C1O. The number of aliphatic hydroxyl groups is 3. The predicted octanol–water partition coefficient (Wildman–Crippen LogP) is 0.0446. The molecule has 10 nitrogen and oxygen atoms in total. The average molecular weight is 415 g/mol. The summed E-state index contributed by atoms with van der Waals surface area (Å²) in [6.07, 6.45) is -0.162. The quantitative estimate of drug-likeness (QED) is 0.284. The molecule has 1 aliphatic heterocycles. The number of nitrogens with one attached hydrogen (secondary N) is 1. The van der Waals surface area contributed by atoms with Gasteiger partial charge in [0, 0.05) is 19.0 Å². The molecule has 152 valence electrons. The van der Waals surface area contributed by atoms with Gasteiger partial charge in [0.05, 0.1) is 18.8 Å². The van der Waals surface area contributed by atoms with E-state index in [4.69, 9.17) is 13.2 Å². The summed E-state index contributed by atoms with van der Waals surface area (Å²) in [5, 5.41) is 31.7. The lowest BCUT2D eigenvalue weighted by molar-refractivity contribution is -0.174. The van der Waals surface area contributed by atoms with Gasteiger partial charge in [-0.2, -0.15) is 0 Å². The Hall–Kier alpha value is -0.230. The Morgan fingerprint density at radius 3 is 2.50 bits per heavy atom. The zero-order valence-corrected chi connectivity index (χ0v) is 16.1. The summed E-state index contributed by atoms with van der Waals surface area (Å²) in [5.74, 6) is -0.497. The van der Waals surface area contributed by atoms with E-state index in [0.717, 1.165) is 19.3 Å². The molecule has 1 saturated heterocycles. The molecule has 0 radical (unpaired) electrons. The normalized spacial score (nSPS) is 35.7. The van der Waals surface area contributed by atoms with Crippen LogP contribution in [-0.4, -0.2) is 68.6 Å². The summed E-state index contributed by atoms with van der Waals surface area (Å²) in [6.45, 7) is 0.625. The van der Waals surface area contributed by atoms with E-state index in [1.54, 1.807) is 0 Å². The molecular weight excluding hydrogens is 389 g/mol. The number of carbonyl (C=O) groups is 1. The number of amides is 1. The third-order valence-corrected chi connectivity index (χ3v) is 6.57. The van der Waals surface area contributed by atoms with Gasteiger partial charge in [0.2, 0.25) is 5.91 Å². The van der Waals surface area contributed by atoms with Crippen molar-refractivity contribution in [2.75, 3.05) is 6.61 Å². The summed E-state index contributed by atoms with van der Waals surface area (Å²) in [5.41, 5.74) is -1.13. The van der Waals surface area contributed by atoms with Crippen LogP contribution in [0.15, 0.2) is 0 Å². The van der Waals surface area contributed by atoms with Gasteiger partial charge in [-0.25, -0.2) is 8.54 Å². The average Bonchev–Trinajstić information content (AvgIpc) is 2.58. The van der Waals surface area contributed by atoms with Crippen molar-refractivity contribution < 1.29 is 42.8 Å². The summed E-state index contributed by atoms with van der Waals surface area (Å²) >= 11 is 0.411. The van der Waals surface area contributed by atoms with Crippen LogP contribution in [0.25, 0.3) is 0 Å². The van der Waals surface area contributed by atoms with Crippen molar-refractivity contribution in [1.82, 2.24) is 5.32 Å². The van der Waals surface area contributed by atoms with E-state index >= 15 is 0 Å². The highest BCUT2D eigenvalue weighted by Crippen LogP contribution is 2.51. The summed E-state index contributed by atoms with van der Waals surface area (Å²) < 4.78 is 27.6. The minimum absolute atomic E-state index is 0.365. The van der Waals surface area contributed by atoms with Gasteiger partial charge in [-0.15, -0.1) is 0 Å². The number of ether oxygens (including phenoxy) is 1. The second kappa shape index (κ2) is 9.81. The van der Waals surface area contributed by atoms with Crippen LogP contribution in [-0.2, 0) is 22.6 Å². The molecule has 6 unspecified atom stereocenters. The molecule has 1 amide bonds. The number of carbonyl (C=O) groups excluding carboxylic acids is 1. The lowest BCUT2D eigenvalue weighted by Gasteiger charge is -2.41. The minimum Gasteiger partial charge on any atom is -0.394 e. The first-order valence-corrected chi connectivity index (χ1v) is 10.8. The summed E-state index contributed by atoms with van der Waals surface area (Å²) in [6, 6.07) is -1.11. The second-order valence-electron chi connectivity index (χ2n) is 6.44. The Balaban J connectivity index is 1.98. The monoisotopic (exact) mass is 415 g/mol. The molecule has 6 atom stereocenters. The molecule has 1 saturated carbocycles. The zero-order chi connectivity index (χ0) is 19.3. The highest BCUT2D eigenvalue weighted by Gasteiger charge is 2.46. The van der Waals surface area contributed by atoms with Gasteiger partial charge < -0.3 is 30.3 Å². The molecule has 1 heterocycles. The van der Waals surface area contributed by atoms with E-state index in [2.05, 4.69) is 5.32 Å². The van der Waals surface area contributed by atoms with E-state index in [-0.39, 0.29) is 6.10 Å². The third-order valence-electron chi connectivity index (χ3n) is 4.32. The van der Waals surface area contributed by atoms with Crippen molar-refractivity contribution in [2.24, 2.45) is 0 Å². The summed E-state index contributed by atoms with van der Waals surface area (Å²) in [4.78, 5) is 21.2. The van der Waals surface area contributed by atoms with Crippen LogP contribution in [0.3, 0.4) is 0 Å². The molecule has 26 heavy (non-hydrogen) atoms. The van der Waals surface area contributed by atoms with Crippen LogP contribution in [0.4, 0.5) is 0 Å². The fourth-order valence-electron chi connectivity index (χ4n) is 3.03. The molecule has 5 N–H and O–H groups in total. The molecule has 2 aliphatic rings. The van der Waals surface area contributed by atoms with Crippen molar-refractivity contribution in [3.8, 4) is 0 Å². The molecule has 0 aromatic heterocycles. The molecule has 0 aromatic carbocycles. The first kappa shape index (κ1) is 22.1. The first-order valence-electron chi connectivity index (χ1n) is 8.49. The Labute approximate surface area is 156 Å². The third kappa shape index (κ3) is 6.15. The van der Waals surface area contributed by atoms with E-state index in [0.29, 0.717) is 24.9 Å². The van der Waals surface area contributed by atoms with E-state index in [1.165, 1.54) is 6.92 Å². The van der Waals surface area contributed by atoms with Gasteiger partial charge in [-0.1, -0.05) is 19.3 Å². The Morgan fingerprint density at radius 2 is 1.92 bits per heavy atom. The molecule has 12 heteroatoms. The fraction of sp³-hybridized carbons (Fsp3) is 0.929. The van der Waals surface area contributed by atoms with Crippen molar-refractivity contribution in [2.45, 2.75) is 74.9 Å². The molecule has 0 spiro atoms. The van der Waals surface area contributed by atoms with Crippen LogP contribution in [0.2, 0.25) is 0 Å². The second-order valence-corrected chi connectivity index (χ2v) is 8.84. The Bertz CT molecular complexity index is 519. The number of hydrogen-bond donors (Lipinski definition) is 5. The Kier molecular flexibility index (Phi) is 8.33. The lowest BCUT2D eigenvalue weighted by Crippen LogP contribution is -2.63. The number of rotatable bonds is 7.